The molecule has 4 fully saturated rings. The van der Waals surface area contributed by atoms with Crippen LogP contribution in [-0.4, -0.2) is 23.0 Å². The van der Waals surface area contributed by atoms with Crippen LogP contribution in [0.15, 0.2) is 5.11 Å². The van der Waals surface area contributed by atoms with Gasteiger partial charge in [-0.05, 0) is 85.0 Å². The number of nitrogens with zero attached hydrogens (tertiary/aromatic N) is 3. The van der Waals surface area contributed by atoms with Crippen LogP contribution in [0.25, 0.3) is 10.4 Å². The quantitative estimate of drug-likeness (QED) is 0.449. The van der Waals surface area contributed by atoms with Crippen molar-refractivity contribution in [2.45, 2.75) is 77.2 Å². The van der Waals surface area contributed by atoms with Gasteiger partial charge in [-0.15, -0.1) is 0 Å². The van der Waals surface area contributed by atoms with Crippen molar-refractivity contribution in [3.05, 3.63) is 10.4 Å². The van der Waals surface area contributed by atoms with E-state index in [4.69, 9.17) is 5.53 Å². The molecule has 0 unspecified atom stereocenters. The van der Waals surface area contributed by atoms with Gasteiger partial charge in [0.2, 0.25) is 0 Å². The van der Waals surface area contributed by atoms with Crippen molar-refractivity contribution >= 4 is 5.78 Å². The second-order valence-electron chi connectivity index (χ2n) is 9.82. The molecule has 25 heavy (non-hydrogen) atoms. The predicted molar refractivity (Wildman–Crippen MR) is 95.7 cm³/mol. The van der Waals surface area contributed by atoms with Crippen LogP contribution in [-0.2, 0) is 4.79 Å². The topological polar surface area (TPSA) is 86.1 Å². The molecular weight excluding hydrogens is 314 g/mol. The van der Waals surface area contributed by atoms with E-state index in [1.54, 1.807) is 0 Å². The first kappa shape index (κ1) is 17.4. The summed E-state index contributed by atoms with van der Waals surface area (Å²) >= 11 is 0. The fourth-order valence-electron chi connectivity index (χ4n) is 7.56. The van der Waals surface area contributed by atoms with Crippen LogP contribution >= 0.6 is 0 Å². The van der Waals surface area contributed by atoms with Gasteiger partial charge in [0, 0.05) is 17.8 Å². The van der Waals surface area contributed by atoms with Crippen LogP contribution in [0.1, 0.15) is 71.6 Å². The average Bonchev–Trinajstić information content (AvgIpc) is 2.85. The molecule has 5 nitrogen and oxygen atoms in total. The average molecular weight is 345 g/mol. The number of fused-ring (bicyclic) bond motifs is 5. The molecule has 0 bridgehead atoms. The number of hydrogen-bond acceptors (Lipinski definition) is 3. The van der Waals surface area contributed by atoms with E-state index in [9.17, 15) is 9.90 Å². The maximum atomic E-state index is 12.0. The number of carbonyl (C=O) groups is 1. The van der Waals surface area contributed by atoms with E-state index in [-0.39, 0.29) is 12.0 Å². The zero-order chi connectivity index (χ0) is 17.9. The molecule has 0 aromatic carbocycles. The fourth-order valence-corrected chi connectivity index (χ4v) is 7.56. The summed E-state index contributed by atoms with van der Waals surface area (Å²) in [6, 6.07) is 0. The van der Waals surface area contributed by atoms with E-state index >= 15 is 0 Å². The highest BCUT2D eigenvalue weighted by atomic mass is 16.3. The first-order chi connectivity index (χ1) is 11.8. The molecule has 138 valence electrons. The number of aliphatic hydroxyl groups is 1. The van der Waals surface area contributed by atoms with Gasteiger partial charge >= 0.3 is 0 Å². The lowest BCUT2D eigenvalue weighted by atomic mass is 9.44. The lowest BCUT2D eigenvalue weighted by Crippen LogP contribution is -2.57. The normalized spacial score (nSPS) is 51.9. The van der Waals surface area contributed by atoms with Crippen LogP contribution in [0.4, 0.5) is 0 Å². The van der Waals surface area contributed by atoms with E-state index in [1.165, 1.54) is 12.8 Å². The minimum Gasteiger partial charge on any atom is -0.389 e. The van der Waals surface area contributed by atoms with Gasteiger partial charge in [-0.3, -0.25) is 4.79 Å². The van der Waals surface area contributed by atoms with Gasteiger partial charge < -0.3 is 5.11 Å². The van der Waals surface area contributed by atoms with Crippen molar-refractivity contribution < 1.29 is 9.90 Å². The Morgan fingerprint density at radius 1 is 1.16 bits per heavy atom. The van der Waals surface area contributed by atoms with E-state index < -0.39 is 5.60 Å². The Hall–Kier alpha value is -1.06. The summed E-state index contributed by atoms with van der Waals surface area (Å²) < 4.78 is 0. The zero-order valence-electron chi connectivity index (χ0n) is 15.6. The minimum atomic E-state index is -0.838. The number of Topliss-reactive ketones (excluding diaryl/α,β-unsaturated/α-hetero) is 1. The Balaban J connectivity index is 1.62. The molecule has 4 aliphatic carbocycles. The number of rotatable bonds is 2. The van der Waals surface area contributed by atoms with E-state index in [0.29, 0.717) is 34.9 Å². The van der Waals surface area contributed by atoms with Crippen LogP contribution in [0.5, 0.6) is 0 Å². The Morgan fingerprint density at radius 3 is 2.68 bits per heavy atom. The Labute approximate surface area is 150 Å². The maximum absolute atomic E-state index is 12.0. The third-order valence-electron chi connectivity index (χ3n) is 9.20. The van der Waals surface area contributed by atoms with Crippen LogP contribution in [0.3, 0.4) is 0 Å². The van der Waals surface area contributed by atoms with Crippen LogP contribution in [0.2, 0.25) is 0 Å². The molecule has 0 aromatic heterocycles. The summed E-state index contributed by atoms with van der Waals surface area (Å²) in [6.07, 6.45) is 8.97. The minimum absolute atomic E-state index is 0.129. The van der Waals surface area contributed by atoms with E-state index in [0.717, 1.165) is 44.9 Å². The third kappa shape index (κ3) is 2.31. The summed E-state index contributed by atoms with van der Waals surface area (Å²) in [5.41, 5.74) is 8.05. The highest BCUT2D eigenvalue weighted by molar-refractivity contribution is 5.79. The van der Waals surface area contributed by atoms with Crippen molar-refractivity contribution in [2.24, 2.45) is 39.6 Å². The van der Waals surface area contributed by atoms with Gasteiger partial charge in [0.05, 0.1) is 12.1 Å². The maximum Gasteiger partial charge on any atom is 0.133 e. The summed E-state index contributed by atoms with van der Waals surface area (Å²) in [7, 11) is 0. The summed E-state index contributed by atoms with van der Waals surface area (Å²) in [5.74, 6) is 2.92. The largest absolute Gasteiger partial charge is 0.389 e. The van der Waals surface area contributed by atoms with Gasteiger partial charge in [0.15, 0.2) is 0 Å². The van der Waals surface area contributed by atoms with Crippen molar-refractivity contribution in [2.75, 3.05) is 6.54 Å². The smallest absolute Gasteiger partial charge is 0.133 e. The number of hydrogen-bond donors (Lipinski definition) is 1. The highest BCUT2D eigenvalue weighted by Gasteiger charge is 2.64. The highest BCUT2D eigenvalue weighted by Crippen LogP contribution is 2.68. The molecule has 0 aliphatic heterocycles. The molecule has 0 aromatic rings. The van der Waals surface area contributed by atoms with E-state index in [2.05, 4.69) is 23.9 Å². The Kier molecular flexibility index (Phi) is 3.97. The second kappa shape index (κ2) is 5.72. The van der Waals surface area contributed by atoms with Gasteiger partial charge in [0.25, 0.3) is 0 Å². The second-order valence-corrected chi connectivity index (χ2v) is 9.82. The standard InChI is InChI=1S/C20H31N3O2/c1-18-8-5-14(24)11-13(18)3-4-15-16(18)6-9-19(2)17(15)7-10-20(19,25)12-22-23-21/h13,15-17,25H,3-12H2,1-2H3/t13-,15+,16-,17-,18-,19-,20+/m0/s1. The SMILES string of the molecule is C[C@]12CCC(=O)C[C@@H]1CC[C@@H]1[C@@H]2CC[C@@]2(C)[C@H]1CC[C@@]2(O)CN=[N+]=[N-]. The lowest BCUT2D eigenvalue weighted by Gasteiger charge is -2.61. The number of azide groups is 1. The fraction of sp³-hybridized carbons (Fsp3) is 0.950. The number of ketones is 1. The van der Waals surface area contributed by atoms with Crippen molar-refractivity contribution in [1.29, 1.82) is 0 Å². The van der Waals surface area contributed by atoms with Crippen LogP contribution < -0.4 is 0 Å². The molecule has 0 spiro atoms. The zero-order valence-corrected chi connectivity index (χ0v) is 15.6. The first-order valence-corrected chi connectivity index (χ1v) is 10.1. The third-order valence-corrected chi connectivity index (χ3v) is 9.20. The van der Waals surface area contributed by atoms with Crippen molar-refractivity contribution in [1.82, 2.24) is 0 Å². The molecule has 0 heterocycles. The van der Waals surface area contributed by atoms with Crippen LogP contribution in [0, 0.1) is 34.5 Å². The van der Waals surface area contributed by atoms with Gasteiger partial charge in [-0.1, -0.05) is 19.0 Å². The molecule has 1 N–H and O–H groups in total. The molecule has 4 rings (SSSR count). The van der Waals surface area contributed by atoms with Gasteiger partial charge in [-0.2, -0.15) is 0 Å². The summed E-state index contributed by atoms with van der Waals surface area (Å²) in [6.45, 7) is 4.90. The van der Waals surface area contributed by atoms with Crippen molar-refractivity contribution in [3.8, 4) is 0 Å². The monoisotopic (exact) mass is 345 g/mol. The first-order valence-electron chi connectivity index (χ1n) is 10.1. The molecule has 4 aliphatic rings. The summed E-state index contributed by atoms with van der Waals surface area (Å²) in [4.78, 5) is 14.9. The summed E-state index contributed by atoms with van der Waals surface area (Å²) in [5, 5.41) is 15.0. The van der Waals surface area contributed by atoms with Crippen molar-refractivity contribution in [3.63, 3.8) is 0 Å². The number of carbonyl (C=O) groups excluding carboxylic acids is 1. The Morgan fingerprint density at radius 2 is 1.92 bits per heavy atom. The molecule has 0 amide bonds. The predicted octanol–water partition coefficient (Wildman–Crippen LogP) is 4.64. The molecule has 0 radical (unpaired) electrons. The van der Waals surface area contributed by atoms with E-state index in [1.807, 2.05) is 0 Å². The Bertz CT molecular complexity index is 630. The lowest BCUT2D eigenvalue weighted by molar-refractivity contribution is -0.154. The molecular formula is C20H31N3O2. The van der Waals surface area contributed by atoms with Gasteiger partial charge in [-0.25, -0.2) is 0 Å². The molecule has 7 atom stereocenters. The molecule has 4 saturated carbocycles. The van der Waals surface area contributed by atoms with Gasteiger partial charge in [0.1, 0.15) is 5.78 Å². The molecule has 5 heteroatoms. The molecule has 0 saturated heterocycles.